The molecule has 0 fully saturated rings. The predicted octanol–water partition coefficient (Wildman–Crippen LogP) is 5.54. The van der Waals surface area contributed by atoms with Gasteiger partial charge >= 0.3 is 12.4 Å². The lowest BCUT2D eigenvalue weighted by atomic mass is 10.1. The number of aromatic nitrogens is 2. The van der Waals surface area contributed by atoms with Crippen LogP contribution in [-0.4, -0.2) is 22.2 Å². The van der Waals surface area contributed by atoms with Gasteiger partial charge in [0.2, 0.25) is 0 Å². The Labute approximate surface area is 177 Å². The van der Waals surface area contributed by atoms with Crippen molar-refractivity contribution in [2.75, 3.05) is 6.54 Å². The first kappa shape index (κ1) is 22.7. The van der Waals surface area contributed by atoms with Gasteiger partial charge in [-0.1, -0.05) is 29.8 Å². The summed E-state index contributed by atoms with van der Waals surface area (Å²) in [6.07, 6.45) is -8.41. The molecule has 3 rings (SSSR count). The lowest BCUT2D eigenvalue weighted by Gasteiger charge is -2.13. The summed E-state index contributed by atoms with van der Waals surface area (Å²) < 4.78 is 79.3. The van der Waals surface area contributed by atoms with Gasteiger partial charge in [-0.25, -0.2) is 4.68 Å². The van der Waals surface area contributed by atoms with Crippen LogP contribution in [0.4, 0.5) is 26.3 Å². The highest BCUT2D eigenvalue weighted by Gasteiger charge is 2.40. The van der Waals surface area contributed by atoms with Crippen LogP contribution in [0, 0.1) is 0 Å². The SMILES string of the molecule is O=C(NCCc1ccc(C(F)(F)F)cc1)c1cnn(-c2cccc(Cl)c2)c1C(F)(F)F. The zero-order chi connectivity index (χ0) is 22.8. The maximum atomic E-state index is 13.6. The molecule has 0 aliphatic rings. The molecule has 0 spiro atoms. The third-order valence-electron chi connectivity index (χ3n) is 4.32. The molecule has 31 heavy (non-hydrogen) atoms. The summed E-state index contributed by atoms with van der Waals surface area (Å²) in [6, 6.07) is 9.85. The second kappa shape index (κ2) is 8.62. The Hall–Kier alpha value is -3.01. The Kier molecular flexibility index (Phi) is 6.30. The molecule has 1 N–H and O–H groups in total. The minimum Gasteiger partial charge on any atom is -0.352 e. The normalized spacial score (nSPS) is 12.1. The third kappa shape index (κ3) is 5.38. The number of amides is 1. The zero-order valence-corrected chi connectivity index (χ0v) is 16.3. The average Bonchev–Trinajstić information content (AvgIpc) is 3.13. The molecule has 0 aliphatic heterocycles. The van der Waals surface area contributed by atoms with Crippen LogP contribution in [0.3, 0.4) is 0 Å². The molecule has 3 aromatic rings. The van der Waals surface area contributed by atoms with Crippen LogP contribution in [-0.2, 0) is 18.8 Å². The molecule has 164 valence electrons. The summed E-state index contributed by atoms with van der Waals surface area (Å²) in [5, 5.41) is 6.22. The van der Waals surface area contributed by atoms with Crippen LogP contribution in [0.1, 0.15) is 27.2 Å². The van der Waals surface area contributed by atoms with E-state index in [1.165, 1.54) is 36.4 Å². The van der Waals surface area contributed by atoms with Gasteiger partial charge in [0.15, 0.2) is 5.69 Å². The number of alkyl halides is 6. The van der Waals surface area contributed by atoms with Crippen molar-refractivity contribution in [3.63, 3.8) is 0 Å². The molecule has 1 aromatic heterocycles. The number of rotatable bonds is 5. The van der Waals surface area contributed by atoms with E-state index in [0.29, 0.717) is 10.2 Å². The largest absolute Gasteiger partial charge is 0.434 e. The molecule has 11 heteroatoms. The second-order valence-electron chi connectivity index (χ2n) is 6.50. The van der Waals surface area contributed by atoms with Gasteiger partial charge in [0.25, 0.3) is 5.91 Å². The molecule has 0 atom stereocenters. The number of hydrogen-bond acceptors (Lipinski definition) is 2. The van der Waals surface area contributed by atoms with E-state index in [1.54, 1.807) is 0 Å². The van der Waals surface area contributed by atoms with E-state index in [1.807, 2.05) is 0 Å². The molecule has 0 saturated heterocycles. The van der Waals surface area contributed by atoms with E-state index in [2.05, 4.69) is 10.4 Å². The summed E-state index contributed by atoms with van der Waals surface area (Å²) in [5.74, 6) is -1.01. The molecular weight excluding hydrogens is 448 g/mol. The van der Waals surface area contributed by atoms with Crippen molar-refractivity contribution >= 4 is 17.5 Å². The fraction of sp³-hybridized carbons (Fsp3) is 0.200. The number of carbonyl (C=O) groups is 1. The van der Waals surface area contributed by atoms with Gasteiger partial charge in [-0.2, -0.15) is 31.4 Å². The van der Waals surface area contributed by atoms with E-state index >= 15 is 0 Å². The summed E-state index contributed by atoms with van der Waals surface area (Å²) in [5.41, 5.74) is -2.24. The van der Waals surface area contributed by atoms with Crippen LogP contribution in [0.2, 0.25) is 5.02 Å². The maximum Gasteiger partial charge on any atom is 0.434 e. The van der Waals surface area contributed by atoms with Crippen LogP contribution in [0.5, 0.6) is 0 Å². The van der Waals surface area contributed by atoms with E-state index in [4.69, 9.17) is 11.6 Å². The van der Waals surface area contributed by atoms with Gasteiger partial charge in [0.05, 0.1) is 23.0 Å². The number of benzene rings is 2. The summed E-state index contributed by atoms with van der Waals surface area (Å²) >= 11 is 5.83. The fourth-order valence-corrected chi connectivity index (χ4v) is 3.05. The van der Waals surface area contributed by atoms with Crippen molar-refractivity contribution < 1.29 is 31.1 Å². The molecule has 1 heterocycles. The molecule has 4 nitrogen and oxygen atoms in total. The Bertz CT molecular complexity index is 1070. The van der Waals surface area contributed by atoms with Crippen LogP contribution >= 0.6 is 11.6 Å². The number of hydrogen-bond donors (Lipinski definition) is 1. The predicted molar refractivity (Wildman–Crippen MR) is 101 cm³/mol. The highest BCUT2D eigenvalue weighted by atomic mass is 35.5. The van der Waals surface area contributed by atoms with Gasteiger partial charge in [-0.05, 0) is 42.3 Å². The molecule has 0 bridgehead atoms. The Morgan fingerprint density at radius 2 is 1.68 bits per heavy atom. The topological polar surface area (TPSA) is 46.9 Å². The quantitative estimate of drug-likeness (QED) is 0.507. The maximum absolute atomic E-state index is 13.6. The lowest BCUT2D eigenvalue weighted by molar-refractivity contribution is -0.143. The van der Waals surface area contributed by atoms with Crippen LogP contribution in [0.15, 0.2) is 54.7 Å². The summed E-state index contributed by atoms with van der Waals surface area (Å²) in [6.45, 7) is -0.0795. The van der Waals surface area contributed by atoms with Crippen LogP contribution in [0.25, 0.3) is 5.69 Å². The molecular formula is C20H14ClF6N3O. The minimum atomic E-state index is -4.88. The van der Waals surface area contributed by atoms with Crippen molar-refractivity contribution in [2.45, 2.75) is 18.8 Å². The van der Waals surface area contributed by atoms with Crippen molar-refractivity contribution in [1.29, 1.82) is 0 Å². The van der Waals surface area contributed by atoms with Crippen molar-refractivity contribution in [3.05, 3.63) is 82.1 Å². The highest BCUT2D eigenvalue weighted by molar-refractivity contribution is 6.30. The summed E-state index contributed by atoms with van der Waals surface area (Å²) in [4.78, 5) is 12.4. The molecule has 2 aromatic carbocycles. The second-order valence-corrected chi connectivity index (χ2v) is 6.93. The number of carbonyl (C=O) groups excluding carboxylic acids is 1. The van der Waals surface area contributed by atoms with E-state index < -0.39 is 35.1 Å². The van der Waals surface area contributed by atoms with Crippen molar-refractivity contribution in [2.24, 2.45) is 0 Å². The standard InChI is InChI=1S/C20H14ClF6N3O/c21-14-2-1-3-15(10-14)30-17(20(25,26)27)16(11-29-30)18(31)28-9-8-12-4-6-13(7-5-12)19(22,23)24/h1-7,10-11H,8-9H2,(H,28,31). The molecule has 0 saturated carbocycles. The fourth-order valence-electron chi connectivity index (χ4n) is 2.87. The molecule has 1 amide bonds. The first-order valence-corrected chi connectivity index (χ1v) is 9.20. The number of halogens is 7. The van der Waals surface area contributed by atoms with Crippen molar-refractivity contribution in [1.82, 2.24) is 15.1 Å². The van der Waals surface area contributed by atoms with Crippen molar-refractivity contribution in [3.8, 4) is 5.69 Å². The first-order valence-electron chi connectivity index (χ1n) is 8.82. The Morgan fingerprint density at radius 3 is 2.26 bits per heavy atom. The van der Waals surface area contributed by atoms with Crippen LogP contribution < -0.4 is 5.32 Å². The Morgan fingerprint density at radius 1 is 1.00 bits per heavy atom. The first-order chi connectivity index (χ1) is 14.5. The third-order valence-corrected chi connectivity index (χ3v) is 4.55. The molecule has 0 aliphatic carbocycles. The zero-order valence-electron chi connectivity index (χ0n) is 15.6. The Balaban J connectivity index is 1.75. The molecule has 0 radical (unpaired) electrons. The number of nitrogens with one attached hydrogen (secondary N) is 1. The van der Waals surface area contributed by atoms with Gasteiger partial charge in [-0.15, -0.1) is 0 Å². The molecule has 0 unspecified atom stereocenters. The van der Waals surface area contributed by atoms with E-state index in [-0.39, 0.29) is 23.7 Å². The van der Waals surface area contributed by atoms with Gasteiger partial charge in [-0.3, -0.25) is 4.79 Å². The van der Waals surface area contributed by atoms with E-state index in [0.717, 1.165) is 18.3 Å². The van der Waals surface area contributed by atoms with Gasteiger partial charge < -0.3 is 5.32 Å². The monoisotopic (exact) mass is 461 g/mol. The number of nitrogens with zero attached hydrogens (tertiary/aromatic N) is 2. The minimum absolute atomic E-state index is 0.0311. The van der Waals surface area contributed by atoms with Gasteiger partial charge in [0, 0.05) is 11.6 Å². The highest BCUT2D eigenvalue weighted by Crippen LogP contribution is 2.34. The average molecular weight is 462 g/mol. The van der Waals surface area contributed by atoms with E-state index in [9.17, 15) is 31.1 Å². The smallest absolute Gasteiger partial charge is 0.352 e. The summed E-state index contributed by atoms with van der Waals surface area (Å²) in [7, 11) is 0. The lowest BCUT2D eigenvalue weighted by Crippen LogP contribution is -2.28. The van der Waals surface area contributed by atoms with Gasteiger partial charge in [0.1, 0.15) is 0 Å².